The van der Waals surface area contributed by atoms with E-state index in [1.165, 1.54) is 24.1 Å². The van der Waals surface area contributed by atoms with Gasteiger partial charge in [-0.05, 0) is 44.2 Å². The molecule has 4 rings (SSSR count). The second kappa shape index (κ2) is 10.3. The molecule has 2 heterocycles. The van der Waals surface area contributed by atoms with Gasteiger partial charge in [0, 0.05) is 35.8 Å². The zero-order valence-electron chi connectivity index (χ0n) is 19.9. The van der Waals surface area contributed by atoms with Gasteiger partial charge in [0.1, 0.15) is 5.82 Å². The molecule has 1 aromatic heterocycles. The van der Waals surface area contributed by atoms with Crippen molar-refractivity contribution in [2.45, 2.75) is 57.4 Å². The Morgan fingerprint density at radius 3 is 2.53 bits per heavy atom. The summed E-state index contributed by atoms with van der Waals surface area (Å²) in [5.41, 5.74) is -0.601. The average Bonchev–Trinajstić information content (AvgIpc) is 3.22. The molecule has 1 aliphatic heterocycles. The fraction of sp³-hybridized carbons (Fsp3) is 0.542. The van der Waals surface area contributed by atoms with Gasteiger partial charge in [-0.2, -0.15) is 18.3 Å². The number of amides is 2. The molecular formula is C24H27ClF4N4O3. The van der Waals surface area contributed by atoms with E-state index >= 15 is 0 Å². The molecule has 196 valence electrons. The van der Waals surface area contributed by atoms with Crippen molar-refractivity contribution < 1.29 is 31.9 Å². The number of hydrogen-bond acceptors (Lipinski definition) is 4. The number of methoxy groups -OCH3 is 1. The number of carbonyl (C=O) groups excluding carboxylic acids is 2. The van der Waals surface area contributed by atoms with E-state index in [1.54, 1.807) is 11.9 Å². The highest BCUT2D eigenvalue weighted by Crippen LogP contribution is 2.36. The number of rotatable bonds is 4. The molecule has 2 aromatic rings. The Hall–Kier alpha value is -2.82. The number of esters is 1. The van der Waals surface area contributed by atoms with Gasteiger partial charge in [0.2, 0.25) is 0 Å². The maximum Gasteiger partial charge on any atom is 0.435 e. The third-order valence-corrected chi connectivity index (χ3v) is 7.33. The first-order chi connectivity index (χ1) is 17.0. The van der Waals surface area contributed by atoms with Gasteiger partial charge in [-0.3, -0.25) is 9.48 Å². The Balaban J connectivity index is 1.53. The van der Waals surface area contributed by atoms with Crippen LogP contribution in [0.4, 0.5) is 22.4 Å². The maximum atomic E-state index is 14.4. The molecule has 7 nitrogen and oxygen atoms in total. The average molecular weight is 531 g/mol. The lowest BCUT2D eigenvalue weighted by Gasteiger charge is -2.38. The Labute approximate surface area is 210 Å². The number of ether oxygens (including phenoxy) is 1. The zero-order valence-corrected chi connectivity index (χ0v) is 20.7. The number of fused-ring (bicyclic) bond motifs is 1. The summed E-state index contributed by atoms with van der Waals surface area (Å²) in [6.07, 6.45) is -2.21. The second-order valence-corrected chi connectivity index (χ2v) is 9.70. The van der Waals surface area contributed by atoms with Gasteiger partial charge in [-0.15, -0.1) is 0 Å². The summed E-state index contributed by atoms with van der Waals surface area (Å²) >= 11 is 5.79. The third kappa shape index (κ3) is 5.30. The normalized spacial score (nSPS) is 20.1. The highest BCUT2D eigenvalue weighted by atomic mass is 35.5. The first-order valence-electron chi connectivity index (χ1n) is 11.7. The number of nitrogens with zero attached hydrogens (tertiary/aromatic N) is 4. The van der Waals surface area contributed by atoms with Crippen molar-refractivity contribution in [3.63, 3.8) is 0 Å². The smallest absolute Gasteiger partial charge is 0.435 e. The van der Waals surface area contributed by atoms with Crippen LogP contribution in [0, 0.1) is 11.7 Å². The van der Waals surface area contributed by atoms with E-state index in [0.717, 1.165) is 10.7 Å². The van der Waals surface area contributed by atoms with Crippen LogP contribution < -0.4 is 0 Å². The van der Waals surface area contributed by atoms with Crippen molar-refractivity contribution in [2.24, 2.45) is 5.92 Å². The van der Waals surface area contributed by atoms with Gasteiger partial charge in [0.25, 0.3) is 0 Å². The first-order valence-corrected chi connectivity index (χ1v) is 12.1. The Morgan fingerprint density at radius 2 is 1.92 bits per heavy atom. The third-order valence-electron chi connectivity index (χ3n) is 7.09. The largest absolute Gasteiger partial charge is 0.469 e. The molecule has 0 bridgehead atoms. The predicted molar refractivity (Wildman–Crippen MR) is 123 cm³/mol. The minimum atomic E-state index is -4.67. The molecule has 0 saturated heterocycles. The zero-order chi connectivity index (χ0) is 26.2. The molecule has 1 saturated carbocycles. The molecule has 1 aromatic carbocycles. The number of hydrogen-bond donors (Lipinski definition) is 0. The molecule has 0 atom stereocenters. The van der Waals surface area contributed by atoms with E-state index in [9.17, 15) is 27.2 Å². The second-order valence-electron chi connectivity index (χ2n) is 9.26. The molecule has 0 radical (unpaired) electrons. The number of halogens is 5. The van der Waals surface area contributed by atoms with Crippen LogP contribution in [0.2, 0.25) is 5.02 Å². The number of aromatic nitrogens is 2. The van der Waals surface area contributed by atoms with Crippen molar-refractivity contribution in [3.05, 3.63) is 51.6 Å². The lowest BCUT2D eigenvalue weighted by molar-refractivity contribution is -0.146. The molecular weight excluding hydrogens is 504 g/mol. The van der Waals surface area contributed by atoms with Crippen LogP contribution in [0.5, 0.6) is 0 Å². The maximum absolute atomic E-state index is 14.4. The number of carbonyl (C=O) groups is 2. The Kier molecular flexibility index (Phi) is 7.49. The molecule has 1 fully saturated rings. The summed E-state index contributed by atoms with van der Waals surface area (Å²) in [6, 6.07) is 3.57. The van der Waals surface area contributed by atoms with Crippen LogP contribution in [0.25, 0.3) is 0 Å². The summed E-state index contributed by atoms with van der Waals surface area (Å²) in [6.45, 7) is -0.192. The van der Waals surface area contributed by atoms with Gasteiger partial charge in [-0.25, -0.2) is 9.18 Å². The molecule has 12 heteroatoms. The van der Waals surface area contributed by atoms with Gasteiger partial charge >= 0.3 is 18.2 Å². The fourth-order valence-corrected chi connectivity index (χ4v) is 5.22. The minimum Gasteiger partial charge on any atom is -0.469 e. The molecule has 2 amide bonds. The molecule has 2 aliphatic rings. The number of alkyl halides is 3. The van der Waals surface area contributed by atoms with E-state index in [4.69, 9.17) is 16.3 Å². The molecule has 0 N–H and O–H groups in total. The van der Waals surface area contributed by atoms with Gasteiger partial charge in [0.15, 0.2) is 5.69 Å². The highest BCUT2D eigenvalue weighted by Gasteiger charge is 2.41. The lowest BCUT2D eigenvalue weighted by atomic mass is 9.85. The van der Waals surface area contributed by atoms with E-state index in [1.807, 2.05) is 0 Å². The fourth-order valence-electron chi connectivity index (χ4n) is 5.06. The van der Waals surface area contributed by atoms with E-state index in [2.05, 4.69) is 5.10 Å². The summed E-state index contributed by atoms with van der Waals surface area (Å²) < 4.78 is 61.5. The van der Waals surface area contributed by atoms with Gasteiger partial charge in [0.05, 0.1) is 31.8 Å². The Bertz CT molecular complexity index is 1150. The summed E-state index contributed by atoms with van der Waals surface area (Å²) in [5.74, 6) is -1.08. The van der Waals surface area contributed by atoms with Crippen LogP contribution >= 0.6 is 11.6 Å². The van der Waals surface area contributed by atoms with Crippen molar-refractivity contribution in [1.29, 1.82) is 0 Å². The van der Waals surface area contributed by atoms with Crippen LogP contribution in [-0.2, 0) is 35.2 Å². The van der Waals surface area contributed by atoms with E-state index in [-0.39, 0.29) is 71.9 Å². The summed E-state index contributed by atoms with van der Waals surface area (Å²) in [5, 5.41) is 3.96. The van der Waals surface area contributed by atoms with Crippen molar-refractivity contribution in [2.75, 3.05) is 20.7 Å². The first kappa shape index (κ1) is 26.2. The van der Waals surface area contributed by atoms with Crippen LogP contribution in [0.15, 0.2) is 18.2 Å². The predicted octanol–water partition coefficient (Wildman–Crippen LogP) is 4.88. The summed E-state index contributed by atoms with van der Waals surface area (Å²) in [4.78, 5) is 28.2. The molecule has 0 unspecified atom stereocenters. The highest BCUT2D eigenvalue weighted by molar-refractivity contribution is 6.30. The topological polar surface area (TPSA) is 67.7 Å². The van der Waals surface area contributed by atoms with E-state index < -0.39 is 17.7 Å². The van der Waals surface area contributed by atoms with Gasteiger partial charge in [-0.1, -0.05) is 17.7 Å². The Morgan fingerprint density at radius 1 is 1.22 bits per heavy atom. The lowest BCUT2D eigenvalue weighted by Crippen LogP contribution is -2.49. The molecule has 0 spiro atoms. The van der Waals surface area contributed by atoms with Gasteiger partial charge < -0.3 is 14.5 Å². The van der Waals surface area contributed by atoms with Crippen molar-refractivity contribution >= 4 is 23.6 Å². The minimum absolute atomic E-state index is 0.0120. The standard InChI is InChI=1S/C24H27ClF4N4O3/c1-31(17-7-4-14(5-8-17)22(34)36-2)23(35)32-10-9-18-20(13-32)33(30-21(18)24(27,28)29)12-15-3-6-16(25)11-19(15)26/h3,6,11,14,17H,4-5,7-10,12-13H2,1-2H3/t14-,17+. The van der Waals surface area contributed by atoms with Crippen LogP contribution in [-0.4, -0.2) is 58.3 Å². The monoisotopic (exact) mass is 530 g/mol. The van der Waals surface area contributed by atoms with Crippen LogP contribution in [0.3, 0.4) is 0 Å². The van der Waals surface area contributed by atoms with Crippen LogP contribution in [0.1, 0.15) is 48.2 Å². The SMILES string of the molecule is COC(=O)[C@H]1CC[C@@H](N(C)C(=O)N2CCc3c(C(F)(F)F)nn(Cc4ccc(Cl)cc4F)c3C2)CC1. The van der Waals surface area contributed by atoms with E-state index in [0.29, 0.717) is 25.7 Å². The number of urea groups is 1. The molecule has 36 heavy (non-hydrogen) atoms. The van der Waals surface area contributed by atoms with Crippen molar-refractivity contribution in [3.8, 4) is 0 Å². The molecule has 1 aliphatic carbocycles. The number of benzene rings is 1. The summed E-state index contributed by atoms with van der Waals surface area (Å²) in [7, 11) is 3.02. The van der Waals surface area contributed by atoms with Crippen molar-refractivity contribution in [1.82, 2.24) is 19.6 Å². The quantitative estimate of drug-likeness (QED) is 0.417.